The minimum absolute atomic E-state index is 0.133. The molecule has 8 nitrogen and oxygen atoms in total. The quantitative estimate of drug-likeness (QED) is 0.211. The number of amides is 1. The van der Waals surface area contributed by atoms with E-state index in [2.05, 4.69) is 10.3 Å². The highest BCUT2D eigenvalue weighted by Crippen LogP contribution is 2.27. The number of aryl methyl sites for hydroxylation is 1. The Morgan fingerprint density at radius 3 is 2.48 bits per heavy atom. The Balaban J connectivity index is 1.50. The van der Waals surface area contributed by atoms with Crippen molar-refractivity contribution in [1.29, 1.82) is 0 Å². The first-order chi connectivity index (χ1) is 14.9. The molecule has 0 saturated carbocycles. The second-order valence-electron chi connectivity index (χ2n) is 6.99. The average molecular weight is 414 g/mol. The van der Waals surface area contributed by atoms with Crippen LogP contribution in [0.5, 0.6) is 0 Å². The molecule has 8 heteroatoms. The van der Waals surface area contributed by atoms with Crippen molar-refractivity contribution in [2.24, 2.45) is 0 Å². The number of carbonyl (C=O) groups excluding carboxylic acids is 1. The maximum atomic E-state index is 12.2. The van der Waals surface area contributed by atoms with Crippen molar-refractivity contribution in [3.8, 4) is 11.4 Å². The summed E-state index contributed by atoms with van der Waals surface area (Å²) >= 11 is 0. The van der Waals surface area contributed by atoms with Gasteiger partial charge in [0.15, 0.2) is 5.82 Å². The second-order valence-corrected chi connectivity index (χ2v) is 6.99. The molecule has 2 N–H and O–H groups in total. The second kappa shape index (κ2) is 8.11. The molecule has 0 atom stereocenters. The van der Waals surface area contributed by atoms with Gasteiger partial charge in [0.2, 0.25) is 5.91 Å². The van der Waals surface area contributed by atoms with E-state index in [0.717, 1.165) is 15.9 Å². The van der Waals surface area contributed by atoms with Gasteiger partial charge in [-0.15, -0.1) is 0 Å². The molecule has 0 saturated heterocycles. The van der Waals surface area contributed by atoms with Crippen LogP contribution in [-0.4, -0.2) is 25.8 Å². The van der Waals surface area contributed by atoms with Crippen LogP contribution < -0.4 is 5.32 Å². The van der Waals surface area contributed by atoms with Gasteiger partial charge in [0.1, 0.15) is 5.52 Å². The van der Waals surface area contributed by atoms with Crippen molar-refractivity contribution in [3.63, 3.8) is 0 Å². The summed E-state index contributed by atoms with van der Waals surface area (Å²) in [5, 5.41) is 24.1. The van der Waals surface area contributed by atoms with Crippen LogP contribution in [0.1, 0.15) is 11.1 Å². The summed E-state index contributed by atoms with van der Waals surface area (Å²) in [6.45, 7) is 2.00. The topological polar surface area (TPSA) is 110 Å². The van der Waals surface area contributed by atoms with E-state index in [4.69, 9.17) is 0 Å². The number of aromatic nitrogens is 2. The van der Waals surface area contributed by atoms with E-state index in [1.807, 2.05) is 31.2 Å². The minimum atomic E-state index is -0.531. The zero-order valence-electron chi connectivity index (χ0n) is 16.5. The number of hydrogen-bond donors (Lipinski definition) is 2. The maximum absolute atomic E-state index is 12.2. The molecule has 3 aromatic carbocycles. The number of carbonyl (C=O) groups is 1. The zero-order valence-corrected chi connectivity index (χ0v) is 16.5. The number of nitro groups is 1. The lowest BCUT2D eigenvalue weighted by atomic mass is 10.1. The minimum Gasteiger partial charge on any atom is -0.426 e. The van der Waals surface area contributed by atoms with E-state index in [1.54, 1.807) is 30.3 Å². The summed E-state index contributed by atoms with van der Waals surface area (Å²) < 4.78 is 0.820. The maximum Gasteiger partial charge on any atom is 0.271 e. The van der Waals surface area contributed by atoms with E-state index in [-0.39, 0.29) is 22.9 Å². The summed E-state index contributed by atoms with van der Waals surface area (Å²) in [6, 6.07) is 18.7. The third kappa shape index (κ3) is 4.27. The molecule has 4 rings (SSSR count). The SMILES string of the molecule is Cc1ccc(C=CC(=O)Nc2ccc(-c3nc4ccc([N+](=O)[O-])cc4n3O)cc2)cc1. The zero-order chi connectivity index (χ0) is 22.0. The number of rotatable bonds is 5. The lowest BCUT2D eigenvalue weighted by Crippen LogP contribution is -2.07. The van der Waals surface area contributed by atoms with Gasteiger partial charge in [-0.2, -0.15) is 4.73 Å². The summed E-state index contributed by atoms with van der Waals surface area (Å²) in [6.07, 6.45) is 3.19. The Hall–Kier alpha value is -4.46. The van der Waals surface area contributed by atoms with Gasteiger partial charge in [0.25, 0.3) is 5.69 Å². The van der Waals surface area contributed by atoms with E-state index >= 15 is 0 Å². The predicted molar refractivity (Wildman–Crippen MR) is 118 cm³/mol. The van der Waals surface area contributed by atoms with Crippen molar-refractivity contribution < 1.29 is 14.9 Å². The Kier molecular flexibility index (Phi) is 5.19. The van der Waals surface area contributed by atoms with E-state index in [9.17, 15) is 20.1 Å². The van der Waals surface area contributed by atoms with Crippen molar-refractivity contribution in [2.75, 3.05) is 5.32 Å². The molecule has 0 spiro atoms. The fourth-order valence-corrected chi connectivity index (χ4v) is 3.09. The number of benzene rings is 3. The average Bonchev–Trinajstić information content (AvgIpc) is 3.10. The van der Waals surface area contributed by atoms with Gasteiger partial charge < -0.3 is 10.5 Å². The first kappa shape index (κ1) is 19.8. The van der Waals surface area contributed by atoms with E-state index in [1.165, 1.54) is 24.3 Å². The Bertz CT molecular complexity index is 1310. The molecule has 4 aromatic rings. The molecule has 0 bridgehead atoms. The molecule has 0 radical (unpaired) electrons. The van der Waals surface area contributed by atoms with Crippen molar-refractivity contribution in [2.45, 2.75) is 6.92 Å². The summed E-state index contributed by atoms with van der Waals surface area (Å²) in [5.74, 6) is -0.0253. The Labute approximate surface area is 177 Å². The van der Waals surface area contributed by atoms with Gasteiger partial charge in [0, 0.05) is 29.5 Å². The van der Waals surface area contributed by atoms with Gasteiger partial charge in [0.05, 0.1) is 10.4 Å². The summed E-state index contributed by atoms with van der Waals surface area (Å²) in [5.41, 5.74) is 3.79. The van der Waals surface area contributed by atoms with Crippen LogP contribution in [0.4, 0.5) is 11.4 Å². The normalized spacial score (nSPS) is 11.1. The van der Waals surface area contributed by atoms with Crippen molar-refractivity contribution in [1.82, 2.24) is 9.71 Å². The molecule has 1 aromatic heterocycles. The number of nitrogens with zero attached hydrogens (tertiary/aromatic N) is 3. The molecule has 0 aliphatic rings. The van der Waals surface area contributed by atoms with Gasteiger partial charge in [-0.3, -0.25) is 14.9 Å². The largest absolute Gasteiger partial charge is 0.426 e. The van der Waals surface area contributed by atoms with Crippen LogP contribution in [0.15, 0.2) is 72.8 Å². The number of fused-ring (bicyclic) bond motifs is 1. The third-order valence-electron chi connectivity index (χ3n) is 4.74. The number of non-ortho nitro benzene ring substituents is 1. The molecule has 0 aliphatic carbocycles. The molecule has 0 unspecified atom stereocenters. The molecule has 1 amide bonds. The highest BCUT2D eigenvalue weighted by Gasteiger charge is 2.15. The Morgan fingerprint density at radius 1 is 1.10 bits per heavy atom. The third-order valence-corrected chi connectivity index (χ3v) is 4.74. The van der Waals surface area contributed by atoms with E-state index in [0.29, 0.717) is 16.8 Å². The molecule has 0 fully saturated rings. The number of hydrogen-bond acceptors (Lipinski definition) is 5. The van der Waals surface area contributed by atoms with Gasteiger partial charge in [-0.1, -0.05) is 29.8 Å². The fourth-order valence-electron chi connectivity index (χ4n) is 3.09. The van der Waals surface area contributed by atoms with E-state index < -0.39 is 4.92 Å². The van der Waals surface area contributed by atoms with Crippen molar-refractivity contribution in [3.05, 3.63) is 94.0 Å². The van der Waals surface area contributed by atoms with Crippen LogP contribution in [0.25, 0.3) is 28.5 Å². The van der Waals surface area contributed by atoms with Crippen LogP contribution in [-0.2, 0) is 4.79 Å². The van der Waals surface area contributed by atoms with Gasteiger partial charge in [-0.05, 0) is 48.9 Å². The highest BCUT2D eigenvalue weighted by atomic mass is 16.6. The van der Waals surface area contributed by atoms with Crippen LogP contribution in [0.2, 0.25) is 0 Å². The predicted octanol–water partition coefficient (Wildman–Crippen LogP) is 4.81. The molecule has 154 valence electrons. The highest BCUT2D eigenvalue weighted by molar-refractivity contribution is 6.02. The number of imidazole rings is 1. The van der Waals surface area contributed by atoms with Crippen LogP contribution in [0.3, 0.4) is 0 Å². The van der Waals surface area contributed by atoms with Crippen molar-refractivity contribution >= 4 is 34.4 Å². The lowest BCUT2D eigenvalue weighted by molar-refractivity contribution is -0.384. The molecular formula is C23H18N4O4. The van der Waals surface area contributed by atoms with Crippen LogP contribution in [0, 0.1) is 17.0 Å². The summed E-state index contributed by atoms with van der Waals surface area (Å²) in [7, 11) is 0. The first-order valence-electron chi connectivity index (χ1n) is 9.43. The number of nitro benzene ring substituents is 1. The molecule has 1 heterocycles. The monoisotopic (exact) mass is 414 g/mol. The molecule has 0 aliphatic heterocycles. The van der Waals surface area contributed by atoms with Gasteiger partial charge in [-0.25, -0.2) is 4.98 Å². The fraction of sp³-hybridized carbons (Fsp3) is 0.0435. The smallest absolute Gasteiger partial charge is 0.271 e. The molecular weight excluding hydrogens is 396 g/mol. The summed E-state index contributed by atoms with van der Waals surface area (Å²) in [4.78, 5) is 26.9. The number of anilines is 1. The van der Waals surface area contributed by atoms with Crippen LogP contribution >= 0.6 is 0 Å². The Morgan fingerprint density at radius 2 is 1.81 bits per heavy atom. The van der Waals surface area contributed by atoms with Gasteiger partial charge >= 0.3 is 0 Å². The number of nitrogens with one attached hydrogen (secondary N) is 1. The lowest BCUT2D eigenvalue weighted by Gasteiger charge is -2.05. The first-order valence-corrected chi connectivity index (χ1v) is 9.43. The molecule has 31 heavy (non-hydrogen) atoms. The standard InChI is InChI=1S/C23H18N4O4/c1-15-2-4-16(5-3-15)6-13-22(28)24-18-9-7-17(8-10-18)23-25-20-12-11-19(27(30)31)14-21(20)26(23)29/h2-14,29H,1H3,(H,24,28).